The number of carbonyl (C=O) groups is 2. The van der Waals surface area contributed by atoms with E-state index < -0.39 is 4.75 Å². The summed E-state index contributed by atoms with van der Waals surface area (Å²) >= 11 is 1.07. The minimum Gasteiger partial charge on any atom is -0.493 e. The van der Waals surface area contributed by atoms with Crippen molar-refractivity contribution in [1.29, 1.82) is 0 Å². The van der Waals surface area contributed by atoms with E-state index in [1.54, 1.807) is 0 Å². The van der Waals surface area contributed by atoms with Crippen LogP contribution in [0.1, 0.15) is 51.5 Å². The predicted molar refractivity (Wildman–Crippen MR) is 96.4 cm³/mol. The predicted octanol–water partition coefficient (Wildman–Crippen LogP) is 4.32. The number of carbonyl (C=O) groups excluding carboxylic acids is 2. The molecule has 2 aliphatic rings. The first-order chi connectivity index (χ1) is 11.4. The molecule has 2 amide bonds. The quantitative estimate of drug-likeness (QED) is 0.862. The van der Waals surface area contributed by atoms with Gasteiger partial charge in [-0.2, -0.15) is 0 Å². The number of hydrogen-bond acceptors (Lipinski definition) is 4. The second kappa shape index (κ2) is 6.79. The summed E-state index contributed by atoms with van der Waals surface area (Å²) in [6, 6.07) is 7.90. The van der Waals surface area contributed by atoms with E-state index in [2.05, 4.69) is 12.2 Å². The van der Waals surface area contributed by atoms with Gasteiger partial charge in [0.25, 0.3) is 5.24 Å². The minimum atomic E-state index is -0.713. The van der Waals surface area contributed by atoms with Gasteiger partial charge in [0.1, 0.15) is 10.5 Å². The first kappa shape index (κ1) is 17.3. The van der Waals surface area contributed by atoms with Crippen LogP contribution in [0.3, 0.4) is 0 Å². The maximum atomic E-state index is 11.9. The van der Waals surface area contributed by atoms with Crippen LogP contribution in [0.2, 0.25) is 0 Å². The number of benzene rings is 1. The Morgan fingerprint density at radius 2 is 1.75 bits per heavy atom. The van der Waals surface area contributed by atoms with E-state index in [-0.39, 0.29) is 11.1 Å². The third-order valence-corrected chi connectivity index (χ3v) is 6.19. The van der Waals surface area contributed by atoms with Crippen LogP contribution in [0.25, 0.3) is 0 Å². The van der Waals surface area contributed by atoms with Crippen molar-refractivity contribution >= 4 is 22.9 Å². The Hall–Kier alpha value is -1.49. The van der Waals surface area contributed by atoms with E-state index in [9.17, 15) is 9.59 Å². The molecule has 4 nitrogen and oxygen atoms in total. The van der Waals surface area contributed by atoms with Crippen LogP contribution in [-0.4, -0.2) is 22.5 Å². The Morgan fingerprint density at radius 3 is 2.33 bits per heavy atom. The van der Waals surface area contributed by atoms with E-state index in [4.69, 9.17) is 4.74 Å². The lowest BCUT2D eigenvalue weighted by Gasteiger charge is -2.33. The lowest BCUT2D eigenvalue weighted by Crippen LogP contribution is -2.35. The second-order valence-corrected chi connectivity index (χ2v) is 9.03. The van der Waals surface area contributed by atoms with Gasteiger partial charge < -0.3 is 4.74 Å². The van der Waals surface area contributed by atoms with Crippen LogP contribution in [0, 0.1) is 5.41 Å². The van der Waals surface area contributed by atoms with E-state index in [0.717, 1.165) is 29.7 Å². The fraction of sp³-hybridized carbons (Fsp3) is 0.579. The number of amides is 2. The largest absolute Gasteiger partial charge is 0.493 e. The number of thioether (sulfide) groups is 1. The first-order valence-electron chi connectivity index (χ1n) is 8.65. The maximum absolute atomic E-state index is 11.9. The average Bonchev–Trinajstić information content (AvgIpc) is 2.79. The molecule has 2 fully saturated rings. The summed E-state index contributed by atoms with van der Waals surface area (Å²) in [5.41, 5.74) is 1.33. The van der Waals surface area contributed by atoms with E-state index >= 15 is 0 Å². The SMILES string of the molecule is CC1(COc2ccc(C[C@@]3(C)SC(=O)NC3=O)cc2)CCCCC1. The molecule has 130 valence electrons. The van der Waals surface area contributed by atoms with Crippen LogP contribution >= 0.6 is 11.8 Å². The molecule has 1 aliphatic carbocycles. The lowest BCUT2D eigenvalue weighted by molar-refractivity contribution is -0.121. The third kappa shape index (κ3) is 3.94. The average molecular weight is 347 g/mol. The van der Waals surface area contributed by atoms with Crippen molar-refractivity contribution in [3.8, 4) is 5.75 Å². The molecular formula is C19H25NO3S. The molecule has 5 heteroatoms. The van der Waals surface area contributed by atoms with Crippen molar-refractivity contribution in [2.24, 2.45) is 5.41 Å². The molecule has 1 N–H and O–H groups in total. The molecule has 1 aromatic rings. The lowest BCUT2D eigenvalue weighted by atomic mass is 9.76. The Morgan fingerprint density at radius 1 is 1.08 bits per heavy atom. The highest BCUT2D eigenvalue weighted by atomic mass is 32.2. The molecule has 0 radical (unpaired) electrons. The summed E-state index contributed by atoms with van der Waals surface area (Å²) in [6.07, 6.45) is 6.96. The zero-order valence-electron chi connectivity index (χ0n) is 14.4. The summed E-state index contributed by atoms with van der Waals surface area (Å²) < 4.78 is 5.28. The first-order valence-corrected chi connectivity index (χ1v) is 9.46. The molecule has 0 aromatic heterocycles. The molecule has 1 saturated carbocycles. The third-order valence-electron chi connectivity index (χ3n) is 5.13. The highest BCUT2D eigenvalue weighted by molar-refractivity contribution is 8.16. The van der Waals surface area contributed by atoms with Gasteiger partial charge in [-0.25, -0.2) is 0 Å². The topological polar surface area (TPSA) is 55.4 Å². The van der Waals surface area contributed by atoms with Crippen molar-refractivity contribution in [3.05, 3.63) is 29.8 Å². The molecule has 0 spiro atoms. The van der Waals surface area contributed by atoms with E-state index in [0.29, 0.717) is 11.8 Å². The number of nitrogens with one attached hydrogen (secondary N) is 1. The normalized spacial score (nSPS) is 26.2. The summed E-state index contributed by atoms with van der Waals surface area (Å²) in [7, 11) is 0. The van der Waals surface area contributed by atoms with Gasteiger partial charge in [0.15, 0.2) is 0 Å². The van der Waals surface area contributed by atoms with Crippen molar-refractivity contribution in [2.45, 2.75) is 57.1 Å². The number of rotatable bonds is 5. The summed E-state index contributed by atoms with van der Waals surface area (Å²) in [5.74, 6) is 0.665. The summed E-state index contributed by atoms with van der Waals surface area (Å²) in [4.78, 5) is 23.3. The van der Waals surface area contributed by atoms with Gasteiger partial charge in [-0.3, -0.25) is 14.9 Å². The molecule has 1 aromatic carbocycles. The molecule has 0 bridgehead atoms. The van der Waals surface area contributed by atoms with Gasteiger partial charge in [0.05, 0.1) is 6.61 Å². The number of hydrogen-bond donors (Lipinski definition) is 1. The molecule has 0 unspecified atom stereocenters. The molecular weight excluding hydrogens is 322 g/mol. The molecule has 1 atom stereocenters. The van der Waals surface area contributed by atoms with Gasteiger partial charge in [-0.05, 0) is 55.6 Å². The van der Waals surface area contributed by atoms with Gasteiger partial charge in [0, 0.05) is 5.41 Å². The van der Waals surface area contributed by atoms with Crippen LogP contribution in [0.4, 0.5) is 4.79 Å². The molecule has 24 heavy (non-hydrogen) atoms. The van der Waals surface area contributed by atoms with E-state index in [1.807, 2.05) is 31.2 Å². The van der Waals surface area contributed by atoms with Crippen molar-refractivity contribution in [3.63, 3.8) is 0 Å². The Labute approximate surface area is 147 Å². The fourth-order valence-electron chi connectivity index (χ4n) is 3.52. The molecule has 3 rings (SSSR count). The maximum Gasteiger partial charge on any atom is 0.286 e. The van der Waals surface area contributed by atoms with Crippen molar-refractivity contribution < 1.29 is 14.3 Å². The standard InChI is InChI=1S/C19H25NO3S/c1-18(10-4-3-5-11-18)13-23-15-8-6-14(7-9-15)12-19(2)16(21)20-17(22)24-19/h6-9H,3-5,10-13H2,1-2H3,(H,20,21,22)/t19-/m1/s1. The summed E-state index contributed by atoms with van der Waals surface area (Å²) in [6.45, 7) is 4.89. The van der Waals surface area contributed by atoms with Crippen LogP contribution < -0.4 is 10.1 Å². The number of ether oxygens (including phenoxy) is 1. The highest BCUT2D eigenvalue weighted by Gasteiger charge is 2.43. The van der Waals surface area contributed by atoms with E-state index in [1.165, 1.54) is 32.1 Å². The van der Waals surface area contributed by atoms with Gasteiger partial charge >= 0.3 is 0 Å². The fourth-order valence-corrected chi connectivity index (χ4v) is 4.45. The minimum absolute atomic E-state index is 0.206. The Kier molecular flexibility index (Phi) is 4.90. The highest BCUT2D eigenvalue weighted by Crippen LogP contribution is 2.37. The Balaban J connectivity index is 1.57. The molecule has 1 heterocycles. The molecule has 1 saturated heterocycles. The van der Waals surface area contributed by atoms with Crippen LogP contribution in [0.5, 0.6) is 5.75 Å². The number of imide groups is 1. The van der Waals surface area contributed by atoms with Gasteiger partial charge in [0.2, 0.25) is 5.91 Å². The van der Waals surface area contributed by atoms with Crippen LogP contribution in [0.15, 0.2) is 24.3 Å². The smallest absolute Gasteiger partial charge is 0.286 e. The summed E-state index contributed by atoms with van der Waals surface area (Å²) in [5, 5.41) is 2.10. The van der Waals surface area contributed by atoms with Crippen molar-refractivity contribution in [1.82, 2.24) is 5.32 Å². The Bertz CT molecular complexity index is 622. The van der Waals surface area contributed by atoms with Gasteiger partial charge in [-0.15, -0.1) is 0 Å². The second-order valence-electron chi connectivity index (χ2n) is 7.56. The molecule has 1 aliphatic heterocycles. The zero-order valence-corrected chi connectivity index (χ0v) is 15.2. The van der Waals surface area contributed by atoms with Gasteiger partial charge in [-0.1, -0.05) is 38.3 Å². The monoisotopic (exact) mass is 347 g/mol. The zero-order chi connectivity index (χ0) is 17.2. The van der Waals surface area contributed by atoms with Crippen LogP contribution in [-0.2, 0) is 11.2 Å². The van der Waals surface area contributed by atoms with Crippen molar-refractivity contribution in [2.75, 3.05) is 6.61 Å².